The van der Waals surface area contributed by atoms with Crippen LogP contribution in [0.5, 0.6) is 0 Å². The van der Waals surface area contributed by atoms with Crippen molar-refractivity contribution in [3.8, 4) is 0 Å². The molecule has 0 bridgehead atoms. The molecule has 1 N–H and O–H groups in total. The van der Waals surface area contributed by atoms with E-state index in [1.807, 2.05) is 41.2 Å². The van der Waals surface area contributed by atoms with Crippen LogP contribution in [0.4, 0.5) is 0 Å². The van der Waals surface area contributed by atoms with Crippen molar-refractivity contribution in [1.82, 2.24) is 9.78 Å². The predicted octanol–water partition coefficient (Wildman–Crippen LogP) is 4.77. The lowest BCUT2D eigenvalue weighted by atomic mass is 9.95. The molecular weight excluding hydrogens is 348 g/mol. The lowest BCUT2D eigenvalue weighted by molar-refractivity contribution is -0.131. The SMILES string of the molecule is O=C(O)C=Cc1ccc(Cn2cccn2)cc1Cc1ccc2ccccc2c1. The minimum Gasteiger partial charge on any atom is -0.478 e. The number of carboxylic acid groups (broad SMARTS) is 1. The van der Waals surface area contributed by atoms with Gasteiger partial charge < -0.3 is 5.11 Å². The molecular formula is C24H20N2O2. The Balaban J connectivity index is 1.69. The molecule has 1 heterocycles. The van der Waals surface area contributed by atoms with Crippen LogP contribution < -0.4 is 0 Å². The second-order valence-electron chi connectivity index (χ2n) is 6.77. The molecule has 138 valence electrons. The van der Waals surface area contributed by atoms with Crippen LogP contribution in [0.25, 0.3) is 16.8 Å². The van der Waals surface area contributed by atoms with Gasteiger partial charge in [-0.25, -0.2) is 4.79 Å². The Hall–Kier alpha value is -3.66. The average molecular weight is 368 g/mol. The lowest BCUT2D eigenvalue weighted by Crippen LogP contribution is -2.02. The minimum atomic E-state index is -0.947. The van der Waals surface area contributed by atoms with Crippen LogP contribution in [-0.4, -0.2) is 20.9 Å². The molecule has 4 heteroatoms. The van der Waals surface area contributed by atoms with Gasteiger partial charge in [0.2, 0.25) is 0 Å². The van der Waals surface area contributed by atoms with Crippen LogP contribution in [0, 0.1) is 0 Å². The summed E-state index contributed by atoms with van der Waals surface area (Å²) in [7, 11) is 0. The van der Waals surface area contributed by atoms with Crippen molar-refractivity contribution in [2.24, 2.45) is 0 Å². The Morgan fingerprint density at radius 3 is 2.57 bits per heavy atom. The Bertz CT molecular complexity index is 1140. The highest BCUT2D eigenvalue weighted by Crippen LogP contribution is 2.22. The number of carboxylic acids is 1. The molecule has 0 aliphatic heterocycles. The molecule has 0 radical (unpaired) electrons. The molecule has 0 spiro atoms. The van der Waals surface area contributed by atoms with Gasteiger partial charge in [-0.15, -0.1) is 0 Å². The standard InChI is InChI=1S/C24H20N2O2/c27-24(28)11-10-21-9-7-19(17-26-13-3-12-25-26)16-23(21)15-18-6-8-20-4-1-2-5-22(20)14-18/h1-14,16H,15,17H2,(H,27,28). The highest BCUT2D eigenvalue weighted by molar-refractivity contribution is 5.86. The number of nitrogens with zero attached hydrogens (tertiary/aromatic N) is 2. The Labute approximate surface area is 163 Å². The van der Waals surface area contributed by atoms with E-state index in [1.54, 1.807) is 12.3 Å². The molecule has 0 fully saturated rings. The lowest BCUT2D eigenvalue weighted by Gasteiger charge is -2.11. The summed E-state index contributed by atoms with van der Waals surface area (Å²) in [6, 6.07) is 22.8. The Morgan fingerprint density at radius 2 is 1.79 bits per heavy atom. The summed E-state index contributed by atoms with van der Waals surface area (Å²) in [5, 5.41) is 15.7. The number of fused-ring (bicyclic) bond motifs is 1. The van der Waals surface area contributed by atoms with E-state index < -0.39 is 5.97 Å². The highest BCUT2D eigenvalue weighted by Gasteiger charge is 2.06. The van der Waals surface area contributed by atoms with Crippen molar-refractivity contribution in [1.29, 1.82) is 0 Å². The van der Waals surface area contributed by atoms with Gasteiger partial charge >= 0.3 is 5.97 Å². The van der Waals surface area contributed by atoms with Crippen LogP contribution in [0.1, 0.15) is 22.3 Å². The number of carbonyl (C=O) groups is 1. The molecule has 0 saturated heterocycles. The van der Waals surface area contributed by atoms with Gasteiger partial charge in [0.15, 0.2) is 0 Å². The van der Waals surface area contributed by atoms with Crippen molar-refractivity contribution in [3.05, 3.63) is 107 Å². The second kappa shape index (κ2) is 7.92. The maximum Gasteiger partial charge on any atom is 0.328 e. The van der Waals surface area contributed by atoms with Crippen LogP contribution >= 0.6 is 0 Å². The summed E-state index contributed by atoms with van der Waals surface area (Å²) >= 11 is 0. The van der Waals surface area contributed by atoms with E-state index in [4.69, 9.17) is 5.11 Å². The number of hydrogen-bond acceptors (Lipinski definition) is 2. The highest BCUT2D eigenvalue weighted by atomic mass is 16.4. The van der Waals surface area contributed by atoms with Crippen LogP contribution in [0.2, 0.25) is 0 Å². The first-order valence-electron chi connectivity index (χ1n) is 9.15. The van der Waals surface area contributed by atoms with Gasteiger partial charge in [0.1, 0.15) is 0 Å². The van der Waals surface area contributed by atoms with Gasteiger partial charge in [0, 0.05) is 18.5 Å². The molecule has 3 aromatic carbocycles. The summed E-state index contributed by atoms with van der Waals surface area (Å²) < 4.78 is 1.88. The fourth-order valence-corrected chi connectivity index (χ4v) is 3.38. The molecule has 0 amide bonds. The van der Waals surface area contributed by atoms with Crippen molar-refractivity contribution in [2.75, 3.05) is 0 Å². The van der Waals surface area contributed by atoms with Crippen LogP contribution in [0.3, 0.4) is 0 Å². The van der Waals surface area contributed by atoms with E-state index in [2.05, 4.69) is 41.5 Å². The van der Waals surface area contributed by atoms with E-state index >= 15 is 0 Å². The number of rotatable bonds is 6. The third-order valence-electron chi connectivity index (χ3n) is 4.73. The van der Waals surface area contributed by atoms with E-state index in [0.717, 1.165) is 23.1 Å². The zero-order valence-electron chi connectivity index (χ0n) is 15.3. The molecule has 4 nitrogen and oxygen atoms in total. The van der Waals surface area contributed by atoms with Gasteiger partial charge in [-0.05, 0) is 51.6 Å². The van der Waals surface area contributed by atoms with E-state index in [-0.39, 0.29) is 0 Å². The zero-order valence-corrected chi connectivity index (χ0v) is 15.3. The maximum atomic E-state index is 11.0. The van der Waals surface area contributed by atoms with Gasteiger partial charge in [-0.2, -0.15) is 5.10 Å². The third-order valence-corrected chi connectivity index (χ3v) is 4.73. The van der Waals surface area contributed by atoms with Gasteiger partial charge in [-0.3, -0.25) is 4.68 Å². The van der Waals surface area contributed by atoms with Crippen molar-refractivity contribution in [2.45, 2.75) is 13.0 Å². The van der Waals surface area contributed by atoms with Gasteiger partial charge in [0.05, 0.1) is 6.54 Å². The monoisotopic (exact) mass is 368 g/mol. The van der Waals surface area contributed by atoms with Gasteiger partial charge in [0.25, 0.3) is 0 Å². The smallest absolute Gasteiger partial charge is 0.328 e. The topological polar surface area (TPSA) is 55.1 Å². The van der Waals surface area contributed by atoms with Crippen LogP contribution in [0.15, 0.2) is 85.2 Å². The summed E-state index contributed by atoms with van der Waals surface area (Å²) in [5.74, 6) is -0.947. The quantitative estimate of drug-likeness (QED) is 0.499. The van der Waals surface area contributed by atoms with Crippen molar-refractivity contribution >= 4 is 22.8 Å². The summed E-state index contributed by atoms with van der Waals surface area (Å²) in [6.45, 7) is 0.681. The molecule has 4 rings (SSSR count). The van der Waals surface area contributed by atoms with E-state index in [1.165, 1.54) is 22.4 Å². The Morgan fingerprint density at radius 1 is 0.964 bits per heavy atom. The second-order valence-corrected chi connectivity index (χ2v) is 6.77. The average Bonchev–Trinajstić information content (AvgIpc) is 3.20. The molecule has 0 unspecified atom stereocenters. The Kier molecular flexibility index (Phi) is 5.02. The normalized spacial score (nSPS) is 11.3. The molecule has 1 aromatic heterocycles. The number of benzene rings is 3. The largest absolute Gasteiger partial charge is 0.478 e. The number of hydrogen-bond donors (Lipinski definition) is 1. The molecule has 28 heavy (non-hydrogen) atoms. The van der Waals surface area contributed by atoms with E-state index in [9.17, 15) is 4.79 Å². The maximum absolute atomic E-state index is 11.0. The fourth-order valence-electron chi connectivity index (χ4n) is 3.38. The summed E-state index contributed by atoms with van der Waals surface area (Å²) in [6.07, 6.45) is 7.28. The zero-order chi connectivity index (χ0) is 19.3. The predicted molar refractivity (Wildman–Crippen MR) is 111 cm³/mol. The molecule has 0 atom stereocenters. The first-order chi connectivity index (χ1) is 13.7. The summed E-state index contributed by atoms with van der Waals surface area (Å²) in [4.78, 5) is 11.0. The fraction of sp³-hybridized carbons (Fsp3) is 0.0833. The van der Waals surface area contributed by atoms with Crippen LogP contribution in [-0.2, 0) is 17.8 Å². The molecule has 4 aromatic rings. The number of aliphatic carboxylic acids is 1. The molecule has 0 aliphatic rings. The third kappa shape index (κ3) is 4.18. The molecule has 0 aliphatic carbocycles. The first-order valence-corrected chi connectivity index (χ1v) is 9.15. The van der Waals surface area contributed by atoms with Crippen molar-refractivity contribution in [3.63, 3.8) is 0 Å². The van der Waals surface area contributed by atoms with E-state index in [0.29, 0.717) is 6.54 Å². The molecule has 0 saturated carbocycles. The first kappa shape index (κ1) is 17.7. The van der Waals surface area contributed by atoms with Crippen molar-refractivity contribution < 1.29 is 9.90 Å². The minimum absolute atomic E-state index is 0.681. The number of aromatic nitrogens is 2. The van der Waals surface area contributed by atoms with Gasteiger partial charge in [-0.1, -0.05) is 60.7 Å². The summed E-state index contributed by atoms with van der Waals surface area (Å²) in [5.41, 5.74) is 4.34.